The largest absolute Gasteiger partial charge is 0.379 e. The van der Waals surface area contributed by atoms with E-state index in [1.165, 1.54) is 16.4 Å². The van der Waals surface area contributed by atoms with E-state index in [9.17, 15) is 13.2 Å². The zero-order valence-electron chi connectivity index (χ0n) is 15.6. The molecule has 2 aliphatic heterocycles. The van der Waals surface area contributed by atoms with Gasteiger partial charge in [-0.25, -0.2) is 8.42 Å². The van der Waals surface area contributed by atoms with Crippen LogP contribution in [0.4, 0.5) is 0 Å². The van der Waals surface area contributed by atoms with Gasteiger partial charge in [0.1, 0.15) is 4.90 Å². The maximum absolute atomic E-state index is 12.9. The Labute approximate surface area is 176 Å². The molecule has 10 heteroatoms. The van der Waals surface area contributed by atoms with Crippen LogP contribution in [0.5, 0.6) is 0 Å². The number of hydrogen-bond donors (Lipinski definition) is 1. The van der Waals surface area contributed by atoms with Crippen molar-refractivity contribution in [2.24, 2.45) is 5.92 Å². The molecule has 1 aromatic rings. The Morgan fingerprint density at radius 3 is 2.32 bits per heavy atom. The molecule has 2 saturated heterocycles. The number of carbonyl (C=O) groups is 1. The number of morpholine rings is 1. The first kappa shape index (κ1) is 21.8. The van der Waals surface area contributed by atoms with Gasteiger partial charge in [0.2, 0.25) is 15.9 Å². The van der Waals surface area contributed by atoms with Crippen LogP contribution in [0.3, 0.4) is 0 Å². The summed E-state index contributed by atoms with van der Waals surface area (Å²) >= 11 is 12.1. The van der Waals surface area contributed by atoms with Gasteiger partial charge >= 0.3 is 0 Å². The number of nitrogens with one attached hydrogen (secondary N) is 1. The predicted octanol–water partition coefficient (Wildman–Crippen LogP) is 1.84. The van der Waals surface area contributed by atoms with E-state index >= 15 is 0 Å². The summed E-state index contributed by atoms with van der Waals surface area (Å²) in [5, 5.41) is 3.19. The molecule has 2 fully saturated rings. The molecule has 2 heterocycles. The molecule has 0 unspecified atom stereocenters. The highest BCUT2D eigenvalue weighted by Gasteiger charge is 2.34. The molecule has 0 bridgehead atoms. The molecule has 28 heavy (non-hydrogen) atoms. The number of nitrogens with zero attached hydrogens (tertiary/aromatic N) is 2. The van der Waals surface area contributed by atoms with Crippen molar-refractivity contribution in [2.75, 3.05) is 52.5 Å². The van der Waals surface area contributed by atoms with Gasteiger partial charge in [-0.2, -0.15) is 4.31 Å². The molecular weight excluding hydrogens is 425 g/mol. The SMILES string of the molecule is O=C(NCCN1CCOCC1)C1CCN(S(=O)(=O)c2c(Cl)cccc2Cl)CC1. The van der Waals surface area contributed by atoms with Crippen LogP contribution >= 0.6 is 23.2 Å². The lowest BCUT2D eigenvalue weighted by Gasteiger charge is -2.31. The maximum atomic E-state index is 12.9. The Bertz CT molecular complexity index is 772. The third-order valence-electron chi connectivity index (χ3n) is 5.17. The van der Waals surface area contributed by atoms with E-state index in [0.29, 0.717) is 19.4 Å². The van der Waals surface area contributed by atoms with Crippen molar-refractivity contribution in [3.8, 4) is 0 Å². The average Bonchev–Trinajstić information content (AvgIpc) is 2.68. The summed E-state index contributed by atoms with van der Waals surface area (Å²) in [6.07, 6.45) is 0.954. The van der Waals surface area contributed by atoms with Gasteiger partial charge in [-0.3, -0.25) is 9.69 Å². The lowest BCUT2D eigenvalue weighted by molar-refractivity contribution is -0.126. The van der Waals surface area contributed by atoms with Crippen molar-refractivity contribution in [3.63, 3.8) is 0 Å². The lowest BCUT2D eigenvalue weighted by atomic mass is 9.97. The zero-order valence-corrected chi connectivity index (χ0v) is 17.9. The summed E-state index contributed by atoms with van der Waals surface area (Å²) in [6.45, 7) is 5.16. The van der Waals surface area contributed by atoms with Crippen LogP contribution in [0, 0.1) is 5.92 Å². The van der Waals surface area contributed by atoms with Crippen LogP contribution in [0.25, 0.3) is 0 Å². The summed E-state index contributed by atoms with van der Waals surface area (Å²) < 4.78 is 32.5. The molecule has 3 rings (SSSR count). The first-order valence-corrected chi connectivity index (χ1v) is 11.6. The molecule has 0 spiro atoms. The number of sulfonamides is 1. The van der Waals surface area contributed by atoms with Crippen molar-refractivity contribution in [2.45, 2.75) is 17.7 Å². The van der Waals surface area contributed by atoms with E-state index in [-0.39, 0.29) is 39.9 Å². The summed E-state index contributed by atoms with van der Waals surface area (Å²) in [7, 11) is -3.78. The zero-order chi connectivity index (χ0) is 20.1. The molecular formula is C18H25Cl2N3O4S. The summed E-state index contributed by atoms with van der Waals surface area (Å²) in [4.78, 5) is 14.6. The molecule has 7 nitrogen and oxygen atoms in total. The number of hydrogen-bond acceptors (Lipinski definition) is 5. The van der Waals surface area contributed by atoms with E-state index in [0.717, 1.165) is 32.8 Å². The van der Waals surface area contributed by atoms with Crippen LogP contribution in [0.1, 0.15) is 12.8 Å². The highest BCUT2D eigenvalue weighted by atomic mass is 35.5. The molecule has 156 valence electrons. The topological polar surface area (TPSA) is 79.0 Å². The molecule has 0 aliphatic carbocycles. The molecule has 0 saturated carbocycles. The van der Waals surface area contributed by atoms with Crippen molar-refractivity contribution < 1.29 is 17.9 Å². The van der Waals surface area contributed by atoms with Gasteiger partial charge in [0.25, 0.3) is 0 Å². The van der Waals surface area contributed by atoms with Crippen LogP contribution in [0.2, 0.25) is 10.0 Å². The minimum atomic E-state index is -3.78. The van der Waals surface area contributed by atoms with Gasteiger partial charge in [-0.15, -0.1) is 0 Å². The molecule has 0 atom stereocenters. The first-order chi connectivity index (χ1) is 13.4. The Morgan fingerprint density at radius 2 is 1.71 bits per heavy atom. The number of rotatable bonds is 6. The quantitative estimate of drug-likeness (QED) is 0.716. The van der Waals surface area contributed by atoms with Crippen LogP contribution in [0.15, 0.2) is 23.1 Å². The fraction of sp³-hybridized carbons (Fsp3) is 0.611. The number of amides is 1. The Hall–Kier alpha value is -0.900. The molecule has 0 aromatic heterocycles. The minimum Gasteiger partial charge on any atom is -0.379 e. The smallest absolute Gasteiger partial charge is 0.246 e. The van der Waals surface area contributed by atoms with Crippen molar-refractivity contribution in [1.82, 2.24) is 14.5 Å². The third-order valence-corrected chi connectivity index (χ3v) is 8.03. The van der Waals surface area contributed by atoms with E-state index < -0.39 is 10.0 Å². The normalized spacial score (nSPS) is 20.2. The second-order valence-electron chi connectivity index (χ2n) is 6.97. The summed E-state index contributed by atoms with van der Waals surface area (Å²) in [6, 6.07) is 4.63. The fourth-order valence-electron chi connectivity index (χ4n) is 3.52. The highest BCUT2D eigenvalue weighted by molar-refractivity contribution is 7.89. The van der Waals surface area contributed by atoms with Crippen molar-refractivity contribution in [3.05, 3.63) is 28.2 Å². The number of halogens is 2. The summed E-state index contributed by atoms with van der Waals surface area (Å²) in [5.41, 5.74) is 0. The number of benzene rings is 1. The van der Waals surface area contributed by atoms with Gasteiger partial charge in [-0.05, 0) is 25.0 Å². The molecule has 2 aliphatic rings. The highest BCUT2D eigenvalue weighted by Crippen LogP contribution is 2.33. The molecule has 1 aromatic carbocycles. The number of ether oxygens (including phenoxy) is 1. The van der Waals surface area contributed by atoms with Crippen molar-refractivity contribution in [1.29, 1.82) is 0 Å². The Balaban J connectivity index is 1.50. The maximum Gasteiger partial charge on any atom is 0.246 e. The Kier molecular flexibility index (Phi) is 7.58. The van der Waals surface area contributed by atoms with E-state index in [4.69, 9.17) is 27.9 Å². The minimum absolute atomic E-state index is 0.0129. The van der Waals surface area contributed by atoms with Gasteiger partial charge < -0.3 is 10.1 Å². The summed E-state index contributed by atoms with van der Waals surface area (Å²) in [5.74, 6) is -0.195. The monoisotopic (exact) mass is 449 g/mol. The number of piperidine rings is 1. The lowest BCUT2D eigenvalue weighted by Crippen LogP contribution is -2.45. The van der Waals surface area contributed by atoms with Crippen LogP contribution < -0.4 is 5.32 Å². The molecule has 1 N–H and O–H groups in total. The first-order valence-electron chi connectivity index (χ1n) is 9.41. The second-order valence-corrected chi connectivity index (χ2v) is 9.66. The average molecular weight is 450 g/mol. The molecule has 1 amide bonds. The van der Waals surface area contributed by atoms with Gasteiger partial charge in [0.15, 0.2) is 0 Å². The van der Waals surface area contributed by atoms with E-state index in [1.807, 2.05) is 0 Å². The number of carbonyl (C=O) groups excluding carboxylic acids is 1. The standard InChI is InChI=1S/C18H25Cl2N3O4S/c19-15-2-1-3-16(20)17(15)28(25,26)23-7-4-14(5-8-23)18(24)21-6-9-22-10-12-27-13-11-22/h1-3,14H,4-13H2,(H,21,24). The Morgan fingerprint density at radius 1 is 1.11 bits per heavy atom. The van der Waals surface area contributed by atoms with Gasteiger partial charge in [0.05, 0.1) is 23.3 Å². The van der Waals surface area contributed by atoms with Gasteiger partial charge in [0, 0.05) is 45.2 Å². The van der Waals surface area contributed by atoms with Crippen LogP contribution in [-0.2, 0) is 19.6 Å². The second kappa shape index (κ2) is 9.73. The van der Waals surface area contributed by atoms with Gasteiger partial charge in [-0.1, -0.05) is 29.3 Å². The van der Waals surface area contributed by atoms with Crippen molar-refractivity contribution >= 4 is 39.1 Å². The third kappa shape index (κ3) is 5.17. The van der Waals surface area contributed by atoms with E-state index in [2.05, 4.69) is 10.2 Å². The predicted molar refractivity (Wildman–Crippen MR) is 108 cm³/mol. The molecule has 0 radical (unpaired) electrons. The van der Waals surface area contributed by atoms with Crippen LogP contribution in [-0.4, -0.2) is 76.0 Å². The van der Waals surface area contributed by atoms with E-state index in [1.54, 1.807) is 6.07 Å². The fourth-order valence-corrected chi connectivity index (χ4v) is 6.08.